The summed E-state index contributed by atoms with van der Waals surface area (Å²) in [5, 5.41) is 10.1. The van der Waals surface area contributed by atoms with Crippen LogP contribution in [0.3, 0.4) is 0 Å². The number of phenols is 1. The first kappa shape index (κ1) is 13.9. The second kappa shape index (κ2) is 5.07. The number of ether oxygens (including phenoxy) is 1. The first-order valence-corrected chi connectivity index (χ1v) is 7.33. The smallest absolute Gasteiger partial charge is 0.172 e. The highest BCUT2D eigenvalue weighted by Crippen LogP contribution is 2.40. The molecule has 0 unspecified atom stereocenters. The van der Waals surface area contributed by atoms with Crippen LogP contribution in [0.15, 0.2) is 28.7 Å². The fraction of sp³-hybridized carbons (Fsp3) is 0.188. The minimum atomic E-state index is 0.0721. The summed E-state index contributed by atoms with van der Waals surface area (Å²) in [6.07, 6.45) is 0. The Balaban J connectivity index is 2.19. The molecule has 3 aromatic rings. The van der Waals surface area contributed by atoms with Gasteiger partial charge in [0.1, 0.15) is 5.82 Å². The number of aromatic amines is 1. The molecule has 0 saturated carbocycles. The summed E-state index contributed by atoms with van der Waals surface area (Å²) in [5.74, 6) is 1.20. The normalized spacial score (nSPS) is 11.0. The van der Waals surface area contributed by atoms with E-state index in [1.165, 1.54) is 18.2 Å². The van der Waals surface area contributed by atoms with Crippen molar-refractivity contribution in [2.75, 3.05) is 7.11 Å². The molecule has 0 saturated heterocycles. The Bertz CT molecular complexity index is 801. The van der Waals surface area contributed by atoms with Gasteiger partial charge < -0.3 is 14.8 Å². The number of hydrogen-bond acceptors (Lipinski definition) is 3. The van der Waals surface area contributed by atoms with Gasteiger partial charge in [-0.15, -0.1) is 0 Å². The number of hydrogen-bond donors (Lipinski definition) is 2. The maximum absolute atomic E-state index is 10.1. The van der Waals surface area contributed by atoms with Gasteiger partial charge in [-0.1, -0.05) is 0 Å². The van der Waals surface area contributed by atoms with Crippen LogP contribution in [0.2, 0.25) is 0 Å². The number of nitrogens with one attached hydrogen (secondary N) is 1. The number of aromatic nitrogens is 2. The monoisotopic (exact) mass is 346 g/mol. The van der Waals surface area contributed by atoms with Gasteiger partial charge in [-0.05, 0) is 65.2 Å². The van der Waals surface area contributed by atoms with E-state index in [4.69, 9.17) is 4.74 Å². The van der Waals surface area contributed by atoms with Crippen LogP contribution >= 0.6 is 15.9 Å². The molecule has 2 N–H and O–H groups in total. The van der Waals surface area contributed by atoms with E-state index in [2.05, 4.69) is 51.9 Å². The summed E-state index contributed by atoms with van der Waals surface area (Å²) >= 11 is 3.40. The Kier molecular flexibility index (Phi) is 3.37. The van der Waals surface area contributed by atoms with Gasteiger partial charge in [0, 0.05) is 5.56 Å². The minimum absolute atomic E-state index is 0.0721. The number of fused-ring (bicyclic) bond motifs is 1. The van der Waals surface area contributed by atoms with Gasteiger partial charge >= 0.3 is 0 Å². The average molecular weight is 347 g/mol. The van der Waals surface area contributed by atoms with Gasteiger partial charge in [0.15, 0.2) is 11.5 Å². The molecule has 0 fully saturated rings. The maximum Gasteiger partial charge on any atom is 0.172 e. The fourth-order valence-corrected chi connectivity index (χ4v) is 2.81. The number of halogens is 1. The van der Waals surface area contributed by atoms with E-state index in [1.54, 1.807) is 6.07 Å². The quantitative estimate of drug-likeness (QED) is 0.726. The highest BCUT2D eigenvalue weighted by atomic mass is 79.9. The summed E-state index contributed by atoms with van der Waals surface area (Å²) in [5.41, 5.74) is 5.11. The molecule has 2 aromatic carbocycles. The molecule has 0 aliphatic heterocycles. The van der Waals surface area contributed by atoms with Crippen molar-refractivity contribution in [1.82, 2.24) is 9.97 Å². The third kappa shape index (κ3) is 2.27. The number of methoxy groups -OCH3 is 1. The molecule has 0 aliphatic carbocycles. The van der Waals surface area contributed by atoms with Crippen LogP contribution in [0.25, 0.3) is 22.4 Å². The number of rotatable bonds is 2. The molecular weight excluding hydrogens is 332 g/mol. The molecule has 0 atom stereocenters. The summed E-state index contributed by atoms with van der Waals surface area (Å²) in [4.78, 5) is 7.90. The molecule has 0 amide bonds. The van der Waals surface area contributed by atoms with Crippen LogP contribution in [0.1, 0.15) is 11.1 Å². The number of phenolic OH excluding ortho intramolecular Hbond substituents is 1. The van der Waals surface area contributed by atoms with E-state index in [1.807, 2.05) is 6.07 Å². The average Bonchev–Trinajstić information content (AvgIpc) is 2.84. The molecule has 108 valence electrons. The van der Waals surface area contributed by atoms with Crippen molar-refractivity contribution in [1.29, 1.82) is 0 Å². The van der Waals surface area contributed by atoms with E-state index in [0.29, 0.717) is 16.0 Å². The Labute approximate surface area is 130 Å². The molecule has 0 spiro atoms. The highest BCUT2D eigenvalue weighted by molar-refractivity contribution is 9.10. The van der Waals surface area contributed by atoms with Gasteiger partial charge in [0.2, 0.25) is 0 Å². The zero-order valence-corrected chi connectivity index (χ0v) is 13.6. The number of nitrogens with zero attached hydrogens (tertiary/aromatic N) is 1. The first-order valence-electron chi connectivity index (χ1n) is 6.54. The Morgan fingerprint density at radius 3 is 2.62 bits per heavy atom. The van der Waals surface area contributed by atoms with Crippen molar-refractivity contribution < 1.29 is 9.84 Å². The first-order chi connectivity index (χ1) is 10.0. The second-order valence-corrected chi connectivity index (χ2v) is 5.81. The van der Waals surface area contributed by atoms with Crippen LogP contribution in [-0.2, 0) is 0 Å². The molecule has 21 heavy (non-hydrogen) atoms. The van der Waals surface area contributed by atoms with Crippen LogP contribution in [0, 0.1) is 13.8 Å². The van der Waals surface area contributed by atoms with E-state index in [9.17, 15) is 5.11 Å². The van der Waals surface area contributed by atoms with E-state index in [0.717, 1.165) is 16.6 Å². The topological polar surface area (TPSA) is 58.1 Å². The highest BCUT2D eigenvalue weighted by Gasteiger charge is 2.15. The number of imidazole rings is 1. The Morgan fingerprint density at radius 1 is 1.19 bits per heavy atom. The lowest BCUT2D eigenvalue weighted by molar-refractivity contribution is 0.372. The van der Waals surface area contributed by atoms with Crippen molar-refractivity contribution in [2.24, 2.45) is 0 Å². The van der Waals surface area contributed by atoms with Gasteiger partial charge in [0.05, 0.1) is 22.6 Å². The van der Waals surface area contributed by atoms with Crippen LogP contribution < -0.4 is 4.74 Å². The van der Waals surface area contributed by atoms with Crippen LogP contribution in [0.5, 0.6) is 11.5 Å². The van der Waals surface area contributed by atoms with E-state index in [-0.39, 0.29) is 5.75 Å². The fourth-order valence-electron chi connectivity index (χ4n) is 2.29. The van der Waals surface area contributed by atoms with Gasteiger partial charge in [-0.3, -0.25) is 0 Å². The summed E-state index contributed by atoms with van der Waals surface area (Å²) in [7, 11) is 1.52. The Hall–Kier alpha value is -2.01. The Morgan fingerprint density at radius 2 is 1.90 bits per heavy atom. The predicted molar refractivity (Wildman–Crippen MR) is 86.9 cm³/mol. The van der Waals surface area contributed by atoms with E-state index < -0.39 is 0 Å². The lowest BCUT2D eigenvalue weighted by atomic mass is 10.1. The molecule has 0 bridgehead atoms. The molecule has 1 heterocycles. The largest absolute Gasteiger partial charge is 0.503 e. The van der Waals surface area contributed by atoms with Crippen molar-refractivity contribution in [3.63, 3.8) is 0 Å². The van der Waals surface area contributed by atoms with Crippen LogP contribution in [0.4, 0.5) is 0 Å². The molecule has 0 radical (unpaired) electrons. The summed E-state index contributed by atoms with van der Waals surface area (Å²) in [6, 6.07) is 7.72. The SMILES string of the molecule is COc1ccc(-c2nc3cc(C)c(C)cc3[nH]2)c(Br)c1O. The predicted octanol–water partition coefficient (Wildman–Crippen LogP) is 4.32. The molecule has 5 heteroatoms. The number of aromatic hydroxyl groups is 1. The zero-order chi connectivity index (χ0) is 15.1. The molecular formula is C16H15BrN2O2. The van der Waals surface area contributed by atoms with Crippen molar-refractivity contribution in [3.8, 4) is 22.9 Å². The third-order valence-electron chi connectivity index (χ3n) is 3.65. The van der Waals surface area contributed by atoms with Crippen molar-refractivity contribution >= 4 is 27.0 Å². The molecule has 3 rings (SSSR count). The van der Waals surface area contributed by atoms with Crippen molar-refractivity contribution in [2.45, 2.75) is 13.8 Å². The number of benzene rings is 2. The number of aryl methyl sites for hydroxylation is 2. The van der Waals surface area contributed by atoms with Gasteiger partial charge in [-0.25, -0.2) is 4.98 Å². The molecule has 1 aromatic heterocycles. The molecule has 0 aliphatic rings. The lowest BCUT2D eigenvalue weighted by Gasteiger charge is -2.08. The zero-order valence-electron chi connectivity index (χ0n) is 12.0. The van der Waals surface area contributed by atoms with Crippen LogP contribution in [-0.4, -0.2) is 22.2 Å². The summed E-state index contributed by atoms with van der Waals surface area (Å²) < 4.78 is 5.66. The maximum atomic E-state index is 10.1. The second-order valence-electron chi connectivity index (χ2n) is 5.02. The van der Waals surface area contributed by atoms with Crippen molar-refractivity contribution in [3.05, 3.63) is 39.9 Å². The number of H-pyrrole nitrogens is 1. The summed E-state index contributed by atoms with van der Waals surface area (Å²) in [6.45, 7) is 4.14. The van der Waals surface area contributed by atoms with Gasteiger partial charge in [-0.2, -0.15) is 0 Å². The standard InChI is InChI=1S/C16H15BrN2O2/c1-8-6-11-12(7-9(8)2)19-16(18-11)10-4-5-13(21-3)15(20)14(10)17/h4-7,20H,1-3H3,(H,18,19). The van der Waals surface area contributed by atoms with E-state index >= 15 is 0 Å². The lowest BCUT2D eigenvalue weighted by Crippen LogP contribution is -1.88. The van der Waals surface area contributed by atoms with Gasteiger partial charge in [0.25, 0.3) is 0 Å². The minimum Gasteiger partial charge on any atom is -0.503 e. The third-order valence-corrected chi connectivity index (χ3v) is 4.45. The molecule has 4 nitrogen and oxygen atoms in total.